The number of hydrogen-bond acceptors (Lipinski definition) is 4. The second-order valence-electron chi connectivity index (χ2n) is 4.25. The van der Waals surface area contributed by atoms with Crippen molar-refractivity contribution in [2.75, 3.05) is 12.4 Å². The molecular formula is C11H18BrNO2S. The number of allylic oxidation sites excluding steroid dienone is 2. The van der Waals surface area contributed by atoms with Gasteiger partial charge in [-0.1, -0.05) is 55.0 Å². The van der Waals surface area contributed by atoms with Crippen LogP contribution in [0, 0.1) is 5.41 Å². The summed E-state index contributed by atoms with van der Waals surface area (Å²) in [6, 6.07) is 0. The van der Waals surface area contributed by atoms with E-state index < -0.39 is 5.97 Å². The van der Waals surface area contributed by atoms with Crippen LogP contribution in [-0.4, -0.2) is 18.4 Å². The van der Waals surface area contributed by atoms with Gasteiger partial charge in [0.2, 0.25) is 0 Å². The lowest BCUT2D eigenvalue weighted by Gasteiger charge is -2.21. The fourth-order valence-electron chi connectivity index (χ4n) is 0.668. The summed E-state index contributed by atoms with van der Waals surface area (Å²) in [5.41, 5.74) is 6.13. The number of rotatable bonds is 4. The van der Waals surface area contributed by atoms with Gasteiger partial charge in [-0.15, -0.1) is 0 Å². The van der Waals surface area contributed by atoms with E-state index in [-0.39, 0.29) is 5.41 Å². The van der Waals surface area contributed by atoms with Crippen LogP contribution in [0.2, 0.25) is 0 Å². The van der Waals surface area contributed by atoms with Crippen molar-refractivity contribution in [2.24, 2.45) is 11.1 Å². The Morgan fingerprint density at radius 3 is 2.31 bits per heavy atom. The molecule has 0 aromatic heterocycles. The van der Waals surface area contributed by atoms with Crippen LogP contribution >= 0.6 is 27.7 Å². The SMILES string of the molecule is C=C(S/C(C(=O)OC)=C(\N)CBr)C(C)(C)C. The summed E-state index contributed by atoms with van der Waals surface area (Å²) in [6.07, 6.45) is 0. The van der Waals surface area contributed by atoms with E-state index in [0.717, 1.165) is 4.91 Å². The maximum Gasteiger partial charge on any atom is 0.346 e. The minimum absolute atomic E-state index is 0.0868. The van der Waals surface area contributed by atoms with Gasteiger partial charge in [0.1, 0.15) is 4.91 Å². The zero-order chi connectivity index (χ0) is 12.9. The lowest BCUT2D eigenvalue weighted by Crippen LogP contribution is -2.14. The van der Waals surface area contributed by atoms with Crippen molar-refractivity contribution < 1.29 is 9.53 Å². The van der Waals surface area contributed by atoms with E-state index in [1.165, 1.54) is 18.9 Å². The molecule has 0 aromatic rings. The standard InChI is InChI=1S/C11H18BrNO2S/c1-7(11(2,3)4)16-9(8(13)6-12)10(14)15-5/h1,6,13H2,2-5H3/b9-8-. The molecule has 0 saturated carbocycles. The Kier molecular flexibility index (Phi) is 6.18. The summed E-state index contributed by atoms with van der Waals surface area (Å²) in [6.45, 7) is 10.0. The van der Waals surface area contributed by atoms with Gasteiger partial charge in [-0.05, 0) is 10.3 Å². The molecule has 0 bridgehead atoms. The Morgan fingerprint density at radius 2 is 2.00 bits per heavy atom. The van der Waals surface area contributed by atoms with Crippen LogP contribution in [0.4, 0.5) is 0 Å². The van der Waals surface area contributed by atoms with Gasteiger partial charge < -0.3 is 10.5 Å². The van der Waals surface area contributed by atoms with Crippen molar-refractivity contribution in [3.63, 3.8) is 0 Å². The number of thioether (sulfide) groups is 1. The van der Waals surface area contributed by atoms with Crippen molar-refractivity contribution in [2.45, 2.75) is 20.8 Å². The van der Waals surface area contributed by atoms with E-state index in [4.69, 9.17) is 5.73 Å². The number of hydrogen-bond donors (Lipinski definition) is 1. The first kappa shape index (κ1) is 15.6. The number of halogens is 1. The topological polar surface area (TPSA) is 52.3 Å². The fourth-order valence-corrected chi connectivity index (χ4v) is 2.06. The average molecular weight is 308 g/mol. The van der Waals surface area contributed by atoms with Crippen LogP contribution in [0.5, 0.6) is 0 Å². The first-order valence-corrected chi connectivity index (χ1v) is 6.68. The van der Waals surface area contributed by atoms with Crippen molar-refractivity contribution in [1.82, 2.24) is 0 Å². The molecule has 92 valence electrons. The summed E-state index contributed by atoms with van der Waals surface area (Å²) >= 11 is 4.49. The zero-order valence-electron chi connectivity index (χ0n) is 10.1. The predicted octanol–water partition coefficient (Wildman–Crippen LogP) is 3.02. The van der Waals surface area contributed by atoms with Crippen molar-refractivity contribution in [1.29, 1.82) is 0 Å². The first-order valence-electron chi connectivity index (χ1n) is 4.74. The molecule has 16 heavy (non-hydrogen) atoms. The zero-order valence-corrected chi connectivity index (χ0v) is 12.5. The molecule has 2 N–H and O–H groups in total. The summed E-state index contributed by atoms with van der Waals surface area (Å²) in [5, 5.41) is 0.432. The Labute approximate surface area is 110 Å². The van der Waals surface area contributed by atoms with Crippen molar-refractivity contribution >= 4 is 33.7 Å². The third kappa shape index (κ3) is 4.61. The lowest BCUT2D eigenvalue weighted by atomic mass is 9.97. The summed E-state index contributed by atoms with van der Waals surface area (Å²) < 4.78 is 4.69. The summed E-state index contributed by atoms with van der Waals surface area (Å²) in [7, 11) is 1.34. The second-order valence-corrected chi connectivity index (χ2v) is 5.92. The van der Waals surface area contributed by atoms with Crippen LogP contribution < -0.4 is 5.73 Å². The fraction of sp³-hybridized carbons (Fsp3) is 0.545. The second kappa shape index (κ2) is 6.35. The molecule has 3 nitrogen and oxygen atoms in total. The Bertz CT molecular complexity index is 318. The predicted molar refractivity (Wildman–Crippen MR) is 73.2 cm³/mol. The number of esters is 1. The molecule has 0 aliphatic rings. The van der Waals surface area contributed by atoms with Crippen molar-refractivity contribution in [3.8, 4) is 0 Å². The molecule has 0 rings (SSSR count). The molecule has 0 aliphatic heterocycles. The molecule has 0 spiro atoms. The van der Waals surface area contributed by atoms with E-state index in [1.54, 1.807) is 0 Å². The van der Waals surface area contributed by atoms with E-state index in [9.17, 15) is 4.79 Å². The summed E-state index contributed by atoms with van der Waals surface area (Å²) in [4.78, 5) is 12.8. The minimum atomic E-state index is -0.424. The van der Waals surface area contributed by atoms with E-state index in [1.807, 2.05) is 20.8 Å². The van der Waals surface area contributed by atoms with Crippen LogP contribution in [0.3, 0.4) is 0 Å². The van der Waals surface area contributed by atoms with Gasteiger partial charge in [0, 0.05) is 11.0 Å². The highest BCUT2D eigenvalue weighted by molar-refractivity contribution is 9.09. The molecule has 0 radical (unpaired) electrons. The van der Waals surface area contributed by atoms with Gasteiger partial charge in [-0.3, -0.25) is 0 Å². The van der Waals surface area contributed by atoms with Crippen LogP contribution in [0.25, 0.3) is 0 Å². The molecule has 0 unspecified atom stereocenters. The summed E-state index contributed by atoms with van der Waals surface area (Å²) in [5.74, 6) is -0.424. The molecule has 0 atom stereocenters. The Hall–Kier alpha value is -0.420. The van der Waals surface area contributed by atoms with Gasteiger partial charge >= 0.3 is 5.97 Å². The highest BCUT2D eigenvalue weighted by Gasteiger charge is 2.22. The number of carbonyl (C=O) groups is 1. The number of carbonyl (C=O) groups excluding carboxylic acids is 1. The van der Waals surface area contributed by atoms with E-state index in [2.05, 4.69) is 27.2 Å². The highest BCUT2D eigenvalue weighted by Crippen LogP contribution is 2.38. The first-order chi connectivity index (χ1) is 7.23. The van der Waals surface area contributed by atoms with Gasteiger partial charge in [-0.25, -0.2) is 4.79 Å². The molecule has 0 fully saturated rings. The average Bonchev–Trinajstić information content (AvgIpc) is 2.21. The van der Waals surface area contributed by atoms with E-state index in [0.29, 0.717) is 15.9 Å². The molecule has 0 aromatic carbocycles. The normalized spacial score (nSPS) is 13.1. The Morgan fingerprint density at radius 1 is 1.50 bits per heavy atom. The molecule has 0 heterocycles. The van der Waals surface area contributed by atoms with Crippen LogP contribution in [0.1, 0.15) is 20.8 Å². The number of ether oxygens (including phenoxy) is 1. The molecule has 5 heteroatoms. The quantitative estimate of drug-likeness (QED) is 0.493. The molecule has 0 aliphatic carbocycles. The van der Waals surface area contributed by atoms with Gasteiger partial charge in [0.15, 0.2) is 0 Å². The highest BCUT2D eigenvalue weighted by atomic mass is 79.9. The van der Waals surface area contributed by atoms with E-state index >= 15 is 0 Å². The lowest BCUT2D eigenvalue weighted by molar-refractivity contribution is -0.135. The monoisotopic (exact) mass is 307 g/mol. The van der Waals surface area contributed by atoms with Gasteiger partial charge in [0.25, 0.3) is 0 Å². The van der Waals surface area contributed by atoms with Gasteiger partial charge in [-0.2, -0.15) is 0 Å². The van der Waals surface area contributed by atoms with Crippen LogP contribution in [-0.2, 0) is 9.53 Å². The number of methoxy groups -OCH3 is 1. The largest absolute Gasteiger partial charge is 0.465 e. The minimum Gasteiger partial charge on any atom is -0.465 e. The smallest absolute Gasteiger partial charge is 0.346 e. The number of alkyl halides is 1. The van der Waals surface area contributed by atoms with Crippen molar-refractivity contribution in [3.05, 3.63) is 22.1 Å². The Balaban J connectivity index is 4.99. The molecule has 0 saturated heterocycles. The molecular weight excluding hydrogens is 290 g/mol. The maximum atomic E-state index is 11.5. The molecule has 0 amide bonds. The third-order valence-corrected chi connectivity index (χ3v) is 3.96. The third-order valence-electron chi connectivity index (χ3n) is 1.87. The van der Waals surface area contributed by atoms with Gasteiger partial charge in [0.05, 0.1) is 7.11 Å². The maximum absolute atomic E-state index is 11.5. The number of nitrogens with two attached hydrogens (primary N) is 1. The van der Waals surface area contributed by atoms with Crippen LogP contribution in [0.15, 0.2) is 22.1 Å².